The number of hydrogen-bond acceptors (Lipinski definition) is 3. The molecule has 25 heavy (non-hydrogen) atoms. The molecule has 6 heteroatoms. The van der Waals surface area contributed by atoms with Gasteiger partial charge < -0.3 is 25.5 Å². The van der Waals surface area contributed by atoms with Crippen LogP contribution in [0.4, 0.5) is 4.79 Å². The van der Waals surface area contributed by atoms with Gasteiger partial charge in [-0.2, -0.15) is 0 Å². The first-order valence-corrected chi connectivity index (χ1v) is 8.88. The van der Waals surface area contributed by atoms with Crippen LogP contribution in [0.5, 0.6) is 0 Å². The summed E-state index contributed by atoms with van der Waals surface area (Å²) in [5.74, 6) is 0. The maximum absolute atomic E-state index is 12.1. The van der Waals surface area contributed by atoms with Crippen molar-refractivity contribution >= 4 is 16.9 Å². The van der Waals surface area contributed by atoms with Crippen molar-refractivity contribution in [1.29, 1.82) is 0 Å². The molecule has 2 aromatic rings. The Morgan fingerprint density at radius 1 is 1.48 bits per heavy atom. The van der Waals surface area contributed by atoms with E-state index in [2.05, 4.69) is 40.7 Å². The molecule has 1 heterocycles. The number of H-pyrrole nitrogens is 1. The summed E-state index contributed by atoms with van der Waals surface area (Å²) in [4.78, 5) is 15.6. The fourth-order valence-electron chi connectivity index (χ4n) is 3.52. The van der Waals surface area contributed by atoms with E-state index in [-0.39, 0.29) is 18.7 Å². The van der Waals surface area contributed by atoms with Gasteiger partial charge in [-0.1, -0.05) is 11.6 Å². The third kappa shape index (κ3) is 4.32. The smallest absolute Gasteiger partial charge is 0.315 e. The third-order valence-electron chi connectivity index (χ3n) is 4.80. The zero-order valence-corrected chi connectivity index (χ0v) is 14.9. The zero-order valence-electron chi connectivity index (χ0n) is 14.9. The first-order chi connectivity index (χ1) is 12.1. The molecule has 136 valence electrons. The number of nitrogens with one attached hydrogen (secondary N) is 3. The van der Waals surface area contributed by atoms with Crippen LogP contribution in [-0.2, 0) is 17.6 Å². The van der Waals surface area contributed by atoms with E-state index < -0.39 is 6.10 Å². The van der Waals surface area contributed by atoms with E-state index in [0.717, 1.165) is 19.3 Å². The molecule has 1 aromatic carbocycles. The van der Waals surface area contributed by atoms with Crippen molar-refractivity contribution < 1.29 is 14.6 Å². The van der Waals surface area contributed by atoms with E-state index in [1.54, 1.807) is 7.11 Å². The number of fused-ring (bicyclic) bond motifs is 3. The average Bonchev–Trinajstić information content (AvgIpc) is 2.92. The van der Waals surface area contributed by atoms with Gasteiger partial charge in [0.25, 0.3) is 0 Å². The van der Waals surface area contributed by atoms with Gasteiger partial charge >= 0.3 is 6.03 Å². The van der Waals surface area contributed by atoms with Crippen molar-refractivity contribution in [3.05, 3.63) is 35.0 Å². The van der Waals surface area contributed by atoms with Crippen molar-refractivity contribution in [2.75, 3.05) is 20.3 Å². The third-order valence-corrected chi connectivity index (χ3v) is 4.80. The lowest BCUT2D eigenvalue weighted by molar-refractivity contribution is 0.0598. The summed E-state index contributed by atoms with van der Waals surface area (Å²) >= 11 is 0. The van der Waals surface area contributed by atoms with Crippen molar-refractivity contribution in [2.45, 2.75) is 44.8 Å². The van der Waals surface area contributed by atoms with Gasteiger partial charge in [-0.3, -0.25) is 0 Å². The number of benzene rings is 1. The van der Waals surface area contributed by atoms with Gasteiger partial charge in [0.1, 0.15) is 0 Å². The Kier molecular flexibility index (Phi) is 5.60. The summed E-state index contributed by atoms with van der Waals surface area (Å²) in [6.07, 6.45) is 2.66. The quantitative estimate of drug-likeness (QED) is 0.646. The molecule has 3 rings (SSSR count). The number of hydrogen-bond donors (Lipinski definition) is 4. The zero-order chi connectivity index (χ0) is 17.8. The molecule has 0 saturated heterocycles. The first kappa shape index (κ1) is 17.8. The lowest BCUT2D eigenvalue weighted by Gasteiger charge is -2.24. The molecule has 0 bridgehead atoms. The van der Waals surface area contributed by atoms with Crippen LogP contribution < -0.4 is 10.6 Å². The van der Waals surface area contributed by atoms with Crippen molar-refractivity contribution in [3.63, 3.8) is 0 Å². The summed E-state index contributed by atoms with van der Waals surface area (Å²) in [5, 5.41) is 16.7. The van der Waals surface area contributed by atoms with Gasteiger partial charge in [0.2, 0.25) is 0 Å². The summed E-state index contributed by atoms with van der Waals surface area (Å²) < 4.78 is 4.87. The Hall–Kier alpha value is -2.05. The topological polar surface area (TPSA) is 86.4 Å². The summed E-state index contributed by atoms with van der Waals surface area (Å²) in [7, 11) is 1.55. The molecule has 0 saturated carbocycles. The van der Waals surface area contributed by atoms with Gasteiger partial charge in [-0.25, -0.2) is 4.79 Å². The second-order valence-electron chi connectivity index (χ2n) is 6.87. The molecule has 1 aromatic heterocycles. The minimum atomic E-state index is -0.544. The number of amides is 2. The van der Waals surface area contributed by atoms with E-state index in [9.17, 15) is 9.90 Å². The molecular formula is C19H27N3O3. The Morgan fingerprint density at radius 2 is 2.32 bits per heavy atom. The molecule has 1 aliphatic rings. The highest BCUT2D eigenvalue weighted by atomic mass is 16.5. The number of ether oxygens (including phenoxy) is 1. The number of methoxy groups -OCH3 is 1. The molecule has 2 atom stereocenters. The molecule has 1 aliphatic carbocycles. The van der Waals surface area contributed by atoms with Crippen LogP contribution in [0.25, 0.3) is 10.9 Å². The van der Waals surface area contributed by atoms with Gasteiger partial charge in [-0.05, 0) is 50.3 Å². The van der Waals surface area contributed by atoms with E-state index >= 15 is 0 Å². The highest BCUT2D eigenvalue weighted by Gasteiger charge is 2.23. The van der Waals surface area contributed by atoms with Crippen LogP contribution in [0.15, 0.2) is 18.2 Å². The molecule has 2 unspecified atom stereocenters. The average molecular weight is 345 g/mol. The first-order valence-electron chi connectivity index (χ1n) is 8.88. The molecule has 0 aliphatic heterocycles. The normalized spacial score (nSPS) is 18.0. The molecule has 0 radical (unpaired) electrons. The number of aromatic nitrogens is 1. The van der Waals surface area contributed by atoms with Gasteiger partial charge in [0, 0.05) is 36.3 Å². The molecule has 4 N–H and O–H groups in total. The van der Waals surface area contributed by atoms with Crippen LogP contribution in [0, 0.1) is 6.92 Å². The maximum Gasteiger partial charge on any atom is 0.315 e. The van der Waals surface area contributed by atoms with Crippen molar-refractivity contribution in [2.24, 2.45) is 0 Å². The van der Waals surface area contributed by atoms with Gasteiger partial charge in [-0.15, -0.1) is 0 Å². The van der Waals surface area contributed by atoms with Crippen LogP contribution >= 0.6 is 0 Å². The summed E-state index contributed by atoms with van der Waals surface area (Å²) in [5.41, 5.74) is 5.04. The van der Waals surface area contributed by atoms with Crippen LogP contribution in [-0.4, -0.2) is 48.5 Å². The SMILES string of the molecule is COCC(O)CCNC(=O)NC1CCc2[nH]c3ccc(C)cc3c2C1. The van der Waals surface area contributed by atoms with Crippen molar-refractivity contribution in [3.8, 4) is 0 Å². The monoisotopic (exact) mass is 345 g/mol. The van der Waals surface area contributed by atoms with Crippen molar-refractivity contribution in [1.82, 2.24) is 15.6 Å². The van der Waals surface area contributed by atoms with E-state index in [1.165, 1.54) is 27.7 Å². The van der Waals surface area contributed by atoms with Crippen LogP contribution in [0.1, 0.15) is 29.7 Å². The molecule has 0 spiro atoms. The predicted octanol–water partition coefficient (Wildman–Crippen LogP) is 2.03. The van der Waals surface area contributed by atoms with Crippen LogP contribution in [0.3, 0.4) is 0 Å². The predicted molar refractivity (Wildman–Crippen MR) is 97.9 cm³/mol. The number of aryl methyl sites for hydroxylation is 2. The second-order valence-corrected chi connectivity index (χ2v) is 6.87. The number of aliphatic hydroxyl groups excluding tert-OH is 1. The number of aromatic amines is 1. The minimum Gasteiger partial charge on any atom is -0.391 e. The molecular weight excluding hydrogens is 318 g/mol. The summed E-state index contributed by atoms with van der Waals surface area (Å²) in [6.45, 7) is 2.82. The number of carbonyl (C=O) groups excluding carboxylic acids is 1. The number of urea groups is 1. The highest BCUT2D eigenvalue weighted by Crippen LogP contribution is 2.29. The fourth-order valence-corrected chi connectivity index (χ4v) is 3.52. The van der Waals surface area contributed by atoms with Gasteiger partial charge in [0.05, 0.1) is 12.7 Å². The minimum absolute atomic E-state index is 0.135. The second kappa shape index (κ2) is 7.89. The summed E-state index contributed by atoms with van der Waals surface area (Å²) in [6, 6.07) is 6.42. The van der Waals surface area contributed by atoms with Crippen LogP contribution in [0.2, 0.25) is 0 Å². The lowest BCUT2D eigenvalue weighted by Crippen LogP contribution is -2.45. The Bertz CT molecular complexity index is 741. The largest absolute Gasteiger partial charge is 0.391 e. The molecule has 6 nitrogen and oxygen atoms in total. The Labute approximate surface area is 147 Å². The lowest BCUT2D eigenvalue weighted by atomic mass is 9.91. The number of aliphatic hydroxyl groups is 1. The Balaban J connectivity index is 1.55. The fraction of sp³-hybridized carbons (Fsp3) is 0.526. The van der Waals surface area contributed by atoms with Gasteiger partial charge in [0.15, 0.2) is 0 Å². The highest BCUT2D eigenvalue weighted by molar-refractivity contribution is 5.86. The standard InChI is InChI=1S/C19H27N3O3/c1-12-3-5-17-15(9-12)16-10-13(4-6-18(16)22-17)21-19(24)20-8-7-14(23)11-25-2/h3,5,9,13-14,22-23H,4,6-8,10-11H2,1-2H3,(H2,20,21,24). The molecule has 0 fully saturated rings. The van der Waals surface area contributed by atoms with E-state index in [0.29, 0.717) is 13.0 Å². The van der Waals surface area contributed by atoms with E-state index in [4.69, 9.17) is 4.74 Å². The Morgan fingerprint density at radius 3 is 3.12 bits per heavy atom. The van der Waals surface area contributed by atoms with E-state index in [1.807, 2.05) is 0 Å². The maximum atomic E-state index is 12.1. The molecule has 2 amide bonds. The number of rotatable bonds is 6. The number of carbonyl (C=O) groups is 1.